The van der Waals surface area contributed by atoms with Crippen LogP contribution in [0.5, 0.6) is 0 Å². The van der Waals surface area contributed by atoms with E-state index in [2.05, 4.69) is 0 Å². The Balaban J connectivity index is 0.000001000. The quantitative estimate of drug-likeness (QED) is 0.696. The fourth-order valence-corrected chi connectivity index (χ4v) is 0.540. The van der Waals surface area contributed by atoms with Crippen molar-refractivity contribution in [2.45, 2.75) is 0 Å². The van der Waals surface area contributed by atoms with Crippen molar-refractivity contribution in [3.63, 3.8) is 0 Å². The fourth-order valence-electron chi connectivity index (χ4n) is 0.540. The van der Waals surface area contributed by atoms with E-state index in [9.17, 15) is 4.79 Å². The first kappa shape index (κ1) is 9.78. The number of carbonyl (C=O) groups is 1. The minimum absolute atomic E-state index is 0. The molecule has 1 N–H and O–H groups in total. The van der Waals surface area contributed by atoms with Crippen LogP contribution in [0.3, 0.4) is 0 Å². The summed E-state index contributed by atoms with van der Waals surface area (Å²) in [6, 6.07) is 3.38. The van der Waals surface area contributed by atoms with E-state index in [4.69, 9.17) is 9.52 Å². The Morgan fingerprint density at radius 1 is 1.64 bits per heavy atom. The molecule has 0 bridgehead atoms. The lowest BCUT2D eigenvalue weighted by Crippen LogP contribution is -1.84. The lowest BCUT2D eigenvalue weighted by Gasteiger charge is -1.79. The van der Waals surface area contributed by atoms with E-state index < -0.39 is 5.97 Å². The van der Waals surface area contributed by atoms with Gasteiger partial charge < -0.3 is 9.52 Å². The van der Waals surface area contributed by atoms with Crippen molar-refractivity contribution >= 4 is 24.5 Å². The smallest absolute Gasteiger partial charge is 0.328 e. The fraction of sp³-hybridized carbons (Fsp3) is 0. The minimum atomic E-state index is -0.976. The summed E-state index contributed by atoms with van der Waals surface area (Å²) in [6.45, 7) is 0. The molecule has 60 valence electrons. The largest absolute Gasteiger partial charge is 0.478 e. The van der Waals surface area contributed by atoms with E-state index in [1.165, 1.54) is 12.3 Å². The number of carboxylic acids is 1. The highest BCUT2D eigenvalue weighted by molar-refractivity contribution is 5.85. The maximum atomic E-state index is 9.97. The lowest BCUT2D eigenvalue weighted by atomic mass is 10.4. The van der Waals surface area contributed by atoms with Gasteiger partial charge in [-0.3, -0.25) is 0 Å². The van der Waals surface area contributed by atoms with Crippen molar-refractivity contribution in [1.82, 2.24) is 0 Å². The van der Waals surface area contributed by atoms with E-state index in [1.54, 1.807) is 12.1 Å². The van der Waals surface area contributed by atoms with Crippen LogP contribution in [0.1, 0.15) is 5.76 Å². The molecule has 1 aromatic heterocycles. The predicted molar refractivity (Wildman–Crippen MR) is 42.6 cm³/mol. The topological polar surface area (TPSA) is 50.4 Å². The van der Waals surface area contributed by atoms with Gasteiger partial charge in [0.1, 0.15) is 5.76 Å². The van der Waals surface area contributed by atoms with Crippen molar-refractivity contribution in [1.29, 1.82) is 0 Å². The standard InChI is InChI=1S/C7H6O3.ClH/c8-7(9)4-3-6-2-1-5-10-6;/h1-5H,(H,8,9);1H. The van der Waals surface area contributed by atoms with Gasteiger partial charge in [-0.1, -0.05) is 0 Å². The summed E-state index contributed by atoms with van der Waals surface area (Å²) < 4.78 is 4.83. The third kappa shape index (κ3) is 3.47. The van der Waals surface area contributed by atoms with Crippen LogP contribution in [0.4, 0.5) is 0 Å². The Morgan fingerprint density at radius 2 is 2.36 bits per heavy atom. The number of hydrogen-bond acceptors (Lipinski definition) is 2. The predicted octanol–water partition coefficient (Wildman–Crippen LogP) is 1.80. The Hall–Kier alpha value is -1.22. The molecule has 0 fully saturated rings. The molecule has 0 radical (unpaired) electrons. The number of halogens is 1. The Labute approximate surface area is 69.7 Å². The summed E-state index contributed by atoms with van der Waals surface area (Å²) in [5.41, 5.74) is 0. The molecule has 0 aliphatic carbocycles. The van der Waals surface area contributed by atoms with Crippen LogP contribution in [-0.4, -0.2) is 11.1 Å². The Morgan fingerprint density at radius 3 is 2.82 bits per heavy atom. The second kappa shape index (κ2) is 4.57. The van der Waals surface area contributed by atoms with Gasteiger partial charge in [0.05, 0.1) is 6.26 Å². The summed E-state index contributed by atoms with van der Waals surface area (Å²) in [7, 11) is 0. The minimum Gasteiger partial charge on any atom is -0.478 e. The van der Waals surface area contributed by atoms with Crippen LogP contribution >= 0.6 is 12.4 Å². The lowest BCUT2D eigenvalue weighted by molar-refractivity contribution is -0.131. The van der Waals surface area contributed by atoms with Gasteiger partial charge in [-0.2, -0.15) is 0 Å². The highest BCUT2D eigenvalue weighted by Gasteiger charge is 1.88. The monoisotopic (exact) mass is 174 g/mol. The van der Waals surface area contributed by atoms with E-state index >= 15 is 0 Å². The molecule has 11 heavy (non-hydrogen) atoms. The molecule has 0 aromatic carbocycles. The second-order valence-electron chi connectivity index (χ2n) is 1.69. The summed E-state index contributed by atoms with van der Waals surface area (Å²) in [6.07, 6.45) is 3.91. The number of furan rings is 1. The highest BCUT2D eigenvalue weighted by atomic mass is 35.5. The summed E-state index contributed by atoms with van der Waals surface area (Å²) in [4.78, 5) is 9.97. The molecule has 0 aliphatic heterocycles. The van der Waals surface area contributed by atoms with Crippen LogP contribution in [0.15, 0.2) is 28.9 Å². The Kier molecular flexibility index (Phi) is 4.07. The van der Waals surface area contributed by atoms with Gasteiger partial charge in [0.15, 0.2) is 0 Å². The van der Waals surface area contributed by atoms with E-state index in [0.29, 0.717) is 5.76 Å². The third-order valence-corrected chi connectivity index (χ3v) is 0.933. The molecule has 3 nitrogen and oxygen atoms in total. The normalized spacial score (nSPS) is 9.45. The zero-order valence-electron chi connectivity index (χ0n) is 5.56. The maximum Gasteiger partial charge on any atom is 0.328 e. The highest BCUT2D eigenvalue weighted by Crippen LogP contribution is 2.01. The van der Waals surface area contributed by atoms with Crippen LogP contribution in [0, 0.1) is 0 Å². The number of hydrogen-bond donors (Lipinski definition) is 1. The van der Waals surface area contributed by atoms with Gasteiger partial charge in [0.2, 0.25) is 0 Å². The van der Waals surface area contributed by atoms with Crippen LogP contribution in [0.25, 0.3) is 6.08 Å². The average Bonchev–Trinajstić information content (AvgIpc) is 2.34. The van der Waals surface area contributed by atoms with Gasteiger partial charge in [-0.15, -0.1) is 12.4 Å². The molecule has 0 spiro atoms. The molecule has 0 saturated carbocycles. The van der Waals surface area contributed by atoms with Crippen molar-refractivity contribution < 1.29 is 14.3 Å². The van der Waals surface area contributed by atoms with Crippen LogP contribution in [0.2, 0.25) is 0 Å². The van der Waals surface area contributed by atoms with Gasteiger partial charge in [0.25, 0.3) is 0 Å². The molecule has 0 aliphatic rings. The van der Waals surface area contributed by atoms with Gasteiger partial charge in [0, 0.05) is 6.08 Å². The molecule has 4 heteroatoms. The van der Waals surface area contributed by atoms with E-state index in [0.717, 1.165) is 6.08 Å². The number of rotatable bonds is 2. The maximum absolute atomic E-state index is 9.97. The summed E-state index contributed by atoms with van der Waals surface area (Å²) in [5, 5.41) is 8.18. The van der Waals surface area contributed by atoms with Crippen molar-refractivity contribution in [3.05, 3.63) is 30.2 Å². The van der Waals surface area contributed by atoms with E-state index in [-0.39, 0.29) is 12.4 Å². The first-order valence-electron chi connectivity index (χ1n) is 2.73. The number of aliphatic carboxylic acids is 1. The number of carboxylic acid groups (broad SMARTS) is 1. The molecule has 0 saturated heterocycles. The summed E-state index contributed by atoms with van der Waals surface area (Å²) >= 11 is 0. The van der Waals surface area contributed by atoms with Crippen LogP contribution < -0.4 is 0 Å². The SMILES string of the molecule is Cl.O=C(O)C=Cc1ccco1. The van der Waals surface area contributed by atoms with Crippen LogP contribution in [-0.2, 0) is 4.79 Å². The summed E-state index contributed by atoms with van der Waals surface area (Å²) in [5.74, 6) is -0.432. The molecule has 1 heterocycles. The van der Waals surface area contributed by atoms with Crippen molar-refractivity contribution in [3.8, 4) is 0 Å². The average molecular weight is 175 g/mol. The zero-order chi connectivity index (χ0) is 7.40. The third-order valence-electron chi connectivity index (χ3n) is 0.933. The Bertz CT molecular complexity index is 238. The molecule has 1 aromatic rings. The first-order valence-corrected chi connectivity index (χ1v) is 2.73. The first-order chi connectivity index (χ1) is 4.79. The van der Waals surface area contributed by atoms with Gasteiger partial charge in [-0.05, 0) is 18.2 Å². The second-order valence-corrected chi connectivity index (χ2v) is 1.69. The molecular formula is C7H7ClO3. The molecule has 1 rings (SSSR count). The molecular weight excluding hydrogens is 168 g/mol. The zero-order valence-corrected chi connectivity index (χ0v) is 6.38. The molecule has 0 amide bonds. The molecule has 0 unspecified atom stereocenters. The van der Waals surface area contributed by atoms with Crippen molar-refractivity contribution in [2.24, 2.45) is 0 Å². The van der Waals surface area contributed by atoms with Crippen molar-refractivity contribution in [2.75, 3.05) is 0 Å². The molecule has 0 atom stereocenters. The van der Waals surface area contributed by atoms with Gasteiger partial charge >= 0.3 is 5.97 Å². The van der Waals surface area contributed by atoms with E-state index in [1.807, 2.05) is 0 Å². The van der Waals surface area contributed by atoms with Gasteiger partial charge in [-0.25, -0.2) is 4.79 Å².